The van der Waals surface area contributed by atoms with Crippen LogP contribution in [-0.2, 0) is 6.54 Å². The van der Waals surface area contributed by atoms with Gasteiger partial charge < -0.3 is 10.1 Å². The number of halogens is 1. The van der Waals surface area contributed by atoms with Gasteiger partial charge in [0.2, 0.25) is 0 Å². The molecule has 0 amide bonds. The molecule has 2 rings (SSSR count). The van der Waals surface area contributed by atoms with Gasteiger partial charge in [-0.25, -0.2) is 0 Å². The third-order valence-corrected chi connectivity index (χ3v) is 3.46. The van der Waals surface area contributed by atoms with E-state index in [4.69, 9.17) is 21.6 Å². The first-order chi connectivity index (χ1) is 10.2. The van der Waals surface area contributed by atoms with Crippen LogP contribution in [0.25, 0.3) is 0 Å². The van der Waals surface area contributed by atoms with Gasteiger partial charge in [-0.05, 0) is 42.3 Å². The molecule has 0 spiro atoms. The molecule has 0 saturated heterocycles. The van der Waals surface area contributed by atoms with Crippen LogP contribution in [0.15, 0.2) is 48.5 Å². The van der Waals surface area contributed by atoms with Crippen LogP contribution in [-0.4, -0.2) is 6.61 Å². The monoisotopic (exact) mass is 300 g/mol. The molecule has 0 heterocycles. The van der Waals surface area contributed by atoms with E-state index in [1.165, 1.54) is 11.1 Å². The summed E-state index contributed by atoms with van der Waals surface area (Å²) in [5, 5.41) is 12.7. The van der Waals surface area contributed by atoms with Crippen LogP contribution in [0.5, 0.6) is 5.75 Å². The summed E-state index contributed by atoms with van der Waals surface area (Å²) in [6.07, 6.45) is 0. The van der Waals surface area contributed by atoms with E-state index >= 15 is 0 Å². The van der Waals surface area contributed by atoms with E-state index in [1.807, 2.05) is 54.6 Å². The fourth-order valence-electron chi connectivity index (χ4n) is 1.96. The van der Waals surface area contributed by atoms with Crippen molar-refractivity contribution in [3.63, 3.8) is 0 Å². The topological polar surface area (TPSA) is 45.0 Å². The molecule has 0 aliphatic heterocycles. The molecule has 0 aliphatic rings. The van der Waals surface area contributed by atoms with E-state index in [1.54, 1.807) is 0 Å². The molecule has 2 aromatic carbocycles. The molecule has 0 saturated carbocycles. The zero-order valence-corrected chi connectivity index (χ0v) is 12.6. The van der Waals surface area contributed by atoms with Crippen LogP contribution in [0.1, 0.15) is 24.1 Å². The molecule has 3 nitrogen and oxygen atoms in total. The quantitative estimate of drug-likeness (QED) is 0.874. The molecule has 1 atom stereocenters. The second-order valence-corrected chi connectivity index (χ2v) is 5.18. The predicted molar refractivity (Wildman–Crippen MR) is 84.3 cm³/mol. The summed E-state index contributed by atoms with van der Waals surface area (Å²) in [5.41, 5.74) is 2.37. The van der Waals surface area contributed by atoms with E-state index in [0.717, 1.165) is 11.6 Å². The van der Waals surface area contributed by atoms with E-state index in [0.29, 0.717) is 5.75 Å². The van der Waals surface area contributed by atoms with Crippen molar-refractivity contribution in [3.8, 4) is 11.8 Å². The molecule has 0 bridgehead atoms. The lowest BCUT2D eigenvalue weighted by molar-refractivity contribution is 0.368. The van der Waals surface area contributed by atoms with Crippen molar-refractivity contribution in [2.45, 2.75) is 19.5 Å². The standard InChI is InChI=1S/C17H17ClN2O/c1-13(15-4-6-16(18)7-5-15)20-12-14-2-8-17(9-3-14)21-11-10-19/h2-9,13,20H,11-12H2,1H3/t13-/m0/s1. The minimum atomic E-state index is 0.0746. The lowest BCUT2D eigenvalue weighted by Crippen LogP contribution is -2.17. The molecular formula is C17H17ClN2O. The van der Waals surface area contributed by atoms with Crippen molar-refractivity contribution in [3.05, 3.63) is 64.7 Å². The number of nitriles is 1. The fourth-order valence-corrected chi connectivity index (χ4v) is 2.09. The Balaban J connectivity index is 1.87. The number of hydrogen-bond acceptors (Lipinski definition) is 3. The average molecular weight is 301 g/mol. The van der Waals surface area contributed by atoms with Crippen molar-refractivity contribution < 1.29 is 4.74 Å². The van der Waals surface area contributed by atoms with Gasteiger partial charge in [0, 0.05) is 17.6 Å². The lowest BCUT2D eigenvalue weighted by atomic mass is 10.1. The minimum absolute atomic E-state index is 0.0746. The summed E-state index contributed by atoms with van der Waals surface area (Å²) in [4.78, 5) is 0. The van der Waals surface area contributed by atoms with Crippen molar-refractivity contribution in [2.24, 2.45) is 0 Å². The van der Waals surface area contributed by atoms with Gasteiger partial charge in [-0.2, -0.15) is 5.26 Å². The number of benzene rings is 2. The molecule has 0 aromatic heterocycles. The zero-order chi connectivity index (χ0) is 15.1. The summed E-state index contributed by atoms with van der Waals surface area (Å²) >= 11 is 5.89. The number of hydrogen-bond donors (Lipinski definition) is 1. The van der Waals surface area contributed by atoms with Gasteiger partial charge in [-0.3, -0.25) is 0 Å². The largest absolute Gasteiger partial charge is 0.479 e. The molecule has 0 unspecified atom stereocenters. The first-order valence-electron chi connectivity index (χ1n) is 6.76. The highest BCUT2D eigenvalue weighted by Gasteiger charge is 2.04. The maximum atomic E-state index is 8.46. The Morgan fingerprint density at radius 2 is 1.81 bits per heavy atom. The highest BCUT2D eigenvalue weighted by molar-refractivity contribution is 6.30. The molecule has 0 aliphatic carbocycles. The van der Waals surface area contributed by atoms with Gasteiger partial charge in [0.25, 0.3) is 0 Å². The minimum Gasteiger partial charge on any atom is -0.479 e. The van der Waals surface area contributed by atoms with Gasteiger partial charge >= 0.3 is 0 Å². The Labute approximate surface area is 130 Å². The SMILES string of the molecule is C[C@H](NCc1ccc(OCC#N)cc1)c1ccc(Cl)cc1. The van der Waals surface area contributed by atoms with Crippen LogP contribution in [0, 0.1) is 11.3 Å². The number of rotatable bonds is 6. The fraction of sp³-hybridized carbons (Fsp3) is 0.235. The van der Waals surface area contributed by atoms with Crippen molar-refractivity contribution in [1.82, 2.24) is 5.32 Å². The first kappa shape index (κ1) is 15.4. The van der Waals surface area contributed by atoms with Crippen LogP contribution < -0.4 is 10.1 Å². The van der Waals surface area contributed by atoms with Crippen LogP contribution in [0.3, 0.4) is 0 Å². The molecule has 21 heavy (non-hydrogen) atoms. The number of nitrogens with zero attached hydrogens (tertiary/aromatic N) is 1. The molecule has 4 heteroatoms. The van der Waals surface area contributed by atoms with Gasteiger partial charge in [0.05, 0.1) is 0 Å². The molecule has 0 fully saturated rings. The summed E-state index contributed by atoms with van der Waals surface area (Å²) < 4.78 is 5.22. The highest BCUT2D eigenvalue weighted by atomic mass is 35.5. The average Bonchev–Trinajstić information content (AvgIpc) is 2.52. The Bertz CT molecular complexity index is 602. The van der Waals surface area contributed by atoms with E-state index in [2.05, 4.69) is 12.2 Å². The molecule has 1 N–H and O–H groups in total. The summed E-state index contributed by atoms with van der Waals surface area (Å²) in [7, 11) is 0. The summed E-state index contributed by atoms with van der Waals surface area (Å²) in [6.45, 7) is 2.96. The maximum absolute atomic E-state index is 8.46. The van der Waals surface area contributed by atoms with E-state index < -0.39 is 0 Å². The van der Waals surface area contributed by atoms with Crippen molar-refractivity contribution in [2.75, 3.05) is 6.61 Å². The van der Waals surface area contributed by atoms with Gasteiger partial charge in [0.1, 0.15) is 11.8 Å². The third kappa shape index (κ3) is 4.78. The highest BCUT2D eigenvalue weighted by Crippen LogP contribution is 2.17. The van der Waals surface area contributed by atoms with E-state index in [9.17, 15) is 0 Å². The predicted octanol–water partition coefficient (Wildman–Crippen LogP) is 4.09. The second-order valence-electron chi connectivity index (χ2n) is 4.74. The number of nitrogens with one attached hydrogen (secondary N) is 1. The molecule has 108 valence electrons. The van der Waals surface area contributed by atoms with Gasteiger partial charge in [0.15, 0.2) is 6.61 Å². The van der Waals surface area contributed by atoms with Gasteiger partial charge in [-0.1, -0.05) is 35.9 Å². The molecular weight excluding hydrogens is 284 g/mol. The smallest absolute Gasteiger partial charge is 0.174 e. The normalized spacial score (nSPS) is 11.7. The summed E-state index contributed by atoms with van der Waals surface area (Å²) in [5.74, 6) is 0.714. The number of ether oxygens (including phenoxy) is 1. The van der Waals surface area contributed by atoms with Gasteiger partial charge in [-0.15, -0.1) is 0 Å². The van der Waals surface area contributed by atoms with Crippen molar-refractivity contribution >= 4 is 11.6 Å². The Morgan fingerprint density at radius 1 is 1.14 bits per heavy atom. The zero-order valence-electron chi connectivity index (χ0n) is 11.8. The Kier molecular flexibility index (Phi) is 5.62. The lowest BCUT2D eigenvalue weighted by Gasteiger charge is -2.14. The molecule has 2 aromatic rings. The summed E-state index contributed by atoms with van der Waals surface area (Å²) in [6, 6.07) is 17.8. The van der Waals surface area contributed by atoms with Crippen LogP contribution in [0.4, 0.5) is 0 Å². The third-order valence-electron chi connectivity index (χ3n) is 3.21. The first-order valence-corrected chi connectivity index (χ1v) is 7.14. The second kappa shape index (κ2) is 7.68. The van der Waals surface area contributed by atoms with Crippen molar-refractivity contribution in [1.29, 1.82) is 5.26 Å². The van der Waals surface area contributed by atoms with Crippen LogP contribution >= 0.6 is 11.6 Å². The Morgan fingerprint density at radius 3 is 2.43 bits per heavy atom. The van der Waals surface area contributed by atoms with E-state index in [-0.39, 0.29) is 12.6 Å². The molecule has 0 radical (unpaired) electrons. The Hall–Kier alpha value is -2.02. The van der Waals surface area contributed by atoms with Crippen LogP contribution in [0.2, 0.25) is 5.02 Å². The maximum Gasteiger partial charge on any atom is 0.174 e.